The van der Waals surface area contributed by atoms with E-state index in [2.05, 4.69) is 5.16 Å². The summed E-state index contributed by atoms with van der Waals surface area (Å²) in [6, 6.07) is 7.86. The van der Waals surface area contributed by atoms with Gasteiger partial charge in [-0.3, -0.25) is 0 Å². The van der Waals surface area contributed by atoms with Crippen molar-refractivity contribution in [1.82, 2.24) is 5.16 Å². The standard InChI is InChI=1S/C8H7NO.Na.H/c1-6-7-4-2-3-5-8(7)9-10-6;;/h2-5H,1H3;;/q;+1;-1. The van der Waals surface area contributed by atoms with Gasteiger partial charge in [0.05, 0.1) is 0 Å². The normalized spacial score (nSPS) is 9.55. The van der Waals surface area contributed by atoms with Crippen LogP contribution >= 0.6 is 0 Å². The molecule has 0 atom stereocenters. The third kappa shape index (κ3) is 1.48. The van der Waals surface area contributed by atoms with Crippen molar-refractivity contribution in [3.05, 3.63) is 30.0 Å². The van der Waals surface area contributed by atoms with Crippen LogP contribution in [0.4, 0.5) is 0 Å². The van der Waals surface area contributed by atoms with Gasteiger partial charge in [0.25, 0.3) is 0 Å². The molecule has 1 aromatic heterocycles. The second kappa shape index (κ2) is 3.39. The smallest absolute Gasteiger partial charge is 1.00 e. The number of aryl methyl sites for hydroxylation is 1. The summed E-state index contributed by atoms with van der Waals surface area (Å²) in [5, 5.41) is 4.94. The SMILES string of the molecule is Cc1onc2ccccc12.[H-].[Na+]. The van der Waals surface area contributed by atoms with E-state index in [1.54, 1.807) is 0 Å². The van der Waals surface area contributed by atoms with E-state index in [4.69, 9.17) is 4.52 Å². The minimum absolute atomic E-state index is 0. The summed E-state index contributed by atoms with van der Waals surface area (Å²) in [4.78, 5) is 0. The van der Waals surface area contributed by atoms with Crippen molar-refractivity contribution in [2.24, 2.45) is 0 Å². The topological polar surface area (TPSA) is 26.0 Å². The van der Waals surface area contributed by atoms with Crippen LogP contribution in [0.1, 0.15) is 7.19 Å². The van der Waals surface area contributed by atoms with Gasteiger partial charge in [-0.15, -0.1) is 0 Å². The van der Waals surface area contributed by atoms with Gasteiger partial charge >= 0.3 is 29.6 Å². The zero-order chi connectivity index (χ0) is 6.97. The summed E-state index contributed by atoms with van der Waals surface area (Å²) in [7, 11) is 0. The molecule has 11 heavy (non-hydrogen) atoms. The van der Waals surface area contributed by atoms with E-state index in [1.165, 1.54) is 0 Å². The summed E-state index contributed by atoms with van der Waals surface area (Å²) in [6.45, 7) is 1.91. The third-order valence-electron chi connectivity index (χ3n) is 1.56. The average Bonchev–Trinajstić information content (AvgIpc) is 2.34. The van der Waals surface area contributed by atoms with Gasteiger partial charge in [-0.2, -0.15) is 0 Å². The predicted molar refractivity (Wildman–Crippen MR) is 39.9 cm³/mol. The molecular weight excluding hydrogens is 149 g/mol. The van der Waals surface area contributed by atoms with Crippen LogP contribution in [0.25, 0.3) is 10.9 Å². The first-order chi connectivity index (χ1) is 4.88. The van der Waals surface area contributed by atoms with E-state index in [0.717, 1.165) is 16.7 Å². The van der Waals surface area contributed by atoms with E-state index in [0.29, 0.717) is 0 Å². The van der Waals surface area contributed by atoms with Crippen molar-refractivity contribution >= 4 is 10.9 Å². The molecule has 0 saturated carbocycles. The van der Waals surface area contributed by atoms with E-state index < -0.39 is 0 Å². The Kier molecular flexibility index (Phi) is 2.71. The van der Waals surface area contributed by atoms with Crippen LogP contribution in [0.15, 0.2) is 28.8 Å². The molecule has 52 valence electrons. The molecule has 2 rings (SSSR count). The maximum absolute atomic E-state index is 4.96. The molecule has 0 bridgehead atoms. The number of rotatable bonds is 0. The van der Waals surface area contributed by atoms with Crippen LogP contribution in [-0.2, 0) is 0 Å². The minimum Gasteiger partial charge on any atom is -1.00 e. The predicted octanol–water partition coefficient (Wildman–Crippen LogP) is -0.747. The van der Waals surface area contributed by atoms with Gasteiger partial charge in [0.1, 0.15) is 11.3 Å². The summed E-state index contributed by atoms with van der Waals surface area (Å²) in [5.74, 6) is 0.885. The zero-order valence-corrected chi connectivity index (χ0v) is 8.66. The Morgan fingerprint density at radius 1 is 1.36 bits per heavy atom. The maximum Gasteiger partial charge on any atom is 1.00 e. The number of fused-ring (bicyclic) bond motifs is 1. The summed E-state index contributed by atoms with van der Waals surface area (Å²) in [5.41, 5.74) is 0.931. The molecule has 0 unspecified atom stereocenters. The third-order valence-corrected chi connectivity index (χ3v) is 1.56. The van der Waals surface area contributed by atoms with Gasteiger partial charge in [-0.1, -0.05) is 17.3 Å². The summed E-state index contributed by atoms with van der Waals surface area (Å²) in [6.07, 6.45) is 0. The van der Waals surface area contributed by atoms with Gasteiger partial charge in [0.2, 0.25) is 0 Å². The first-order valence-electron chi connectivity index (χ1n) is 3.19. The van der Waals surface area contributed by atoms with Crippen LogP contribution in [0.3, 0.4) is 0 Å². The van der Waals surface area contributed by atoms with Crippen LogP contribution in [0.5, 0.6) is 0 Å². The van der Waals surface area contributed by atoms with Gasteiger partial charge in [0.15, 0.2) is 0 Å². The maximum atomic E-state index is 4.96. The second-order valence-corrected chi connectivity index (χ2v) is 2.26. The Morgan fingerprint density at radius 3 is 2.82 bits per heavy atom. The largest absolute Gasteiger partial charge is 1.00 e. The van der Waals surface area contributed by atoms with Crippen molar-refractivity contribution in [3.63, 3.8) is 0 Å². The molecule has 1 aromatic carbocycles. The zero-order valence-electron chi connectivity index (χ0n) is 7.66. The number of benzene rings is 1. The van der Waals surface area contributed by atoms with Gasteiger partial charge in [-0.05, 0) is 19.1 Å². The van der Waals surface area contributed by atoms with Crippen LogP contribution in [-0.4, -0.2) is 5.16 Å². The van der Waals surface area contributed by atoms with E-state index in [-0.39, 0.29) is 31.0 Å². The Morgan fingerprint density at radius 2 is 2.09 bits per heavy atom. The fourth-order valence-electron chi connectivity index (χ4n) is 1.02. The average molecular weight is 157 g/mol. The molecule has 2 aromatic rings. The summed E-state index contributed by atoms with van der Waals surface area (Å²) >= 11 is 0. The Labute approximate surface area is 88.3 Å². The van der Waals surface area contributed by atoms with Crippen LogP contribution in [0.2, 0.25) is 0 Å². The molecule has 0 aliphatic rings. The van der Waals surface area contributed by atoms with Gasteiger partial charge in [-0.25, -0.2) is 0 Å². The number of nitrogens with zero attached hydrogens (tertiary/aromatic N) is 1. The fourth-order valence-corrected chi connectivity index (χ4v) is 1.02. The Balaban J connectivity index is 0.000000605. The van der Waals surface area contributed by atoms with Crippen LogP contribution in [0, 0.1) is 6.92 Å². The van der Waals surface area contributed by atoms with Gasteiger partial charge in [0, 0.05) is 5.39 Å². The Hall–Kier alpha value is -0.310. The van der Waals surface area contributed by atoms with Crippen molar-refractivity contribution < 1.29 is 35.5 Å². The number of aromatic nitrogens is 1. The van der Waals surface area contributed by atoms with E-state index >= 15 is 0 Å². The van der Waals surface area contributed by atoms with Gasteiger partial charge < -0.3 is 5.95 Å². The molecule has 0 aliphatic heterocycles. The molecule has 0 N–H and O–H groups in total. The van der Waals surface area contributed by atoms with E-state index in [9.17, 15) is 0 Å². The van der Waals surface area contributed by atoms with Crippen molar-refractivity contribution in [2.45, 2.75) is 6.92 Å². The number of hydrogen-bond acceptors (Lipinski definition) is 2. The van der Waals surface area contributed by atoms with Crippen LogP contribution < -0.4 is 29.6 Å². The molecule has 2 nitrogen and oxygen atoms in total. The molecule has 1 heterocycles. The van der Waals surface area contributed by atoms with Crippen molar-refractivity contribution in [1.29, 1.82) is 0 Å². The first-order valence-corrected chi connectivity index (χ1v) is 3.19. The molecule has 0 fully saturated rings. The first kappa shape index (κ1) is 8.78. The monoisotopic (exact) mass is 157 g/mol. The molecule has 0 saturated heterocycles. The molecular formula is C8H8NNaO. The molecule has 0 amide bonds. The molecule has 0 spiro atoms. The molecule has 0 aliphatic carbocycles. The Bertz CT molecular complexity index is 361. The quantitative estimate of drug-likeness (QED) is 0.470. The number of hydrogen-bond donors (Lipinski definition) is 0. The van der Waals surface area contributed by atoms with Crippen molar-refractivity contribution in [3.8, 4) is 0 Å². The second-order valence-electron chi connectivity index (χ2n) is 2.26. The van der Waals surface area contributed by atoms with Crippen molar-refractivity contribution in [2.75, 3.05) is 0 Å². The molecule has 3 heteroatoms. The summed E-state index contributed by atoms with van der Waals surface area (Å²) < 4.78 is 4.96. The molecule has 0 radical (unpaired) electrons. The van der Waals surface area contributed by atoms with E-state index in [1.807, 2.05) is 31.2 Å². The minimum atomic E-state index is 0. The fraction of sp³-hybridized carbons (Fsp3) is 0.125.